The molecule has 2 aliphatic heterocycles. The molecule has 0 amide bonds. The van der Waals surface area contributed by atoms with Crippen molar-refractivity contribution in [3.63, 3.8) is 0 Å². The fourth-order valence-electron chi connectivity index (χ4n) is 5.49. The summed E-state index contributed by atoms with van der Waals surface area (Å²) in [6, 6.07) is 3.03. The number of halogens is 1. The third kappa shape index (κ3) is 6.94. The quantitative estimate of drug-likeness (QED) is 0.671. The number of hydrogen-bond donors (Lipinski definition) is 2. The maximum Gasteiger partial charge on any atom is 0.303 e. The number of carboxylic acid groups (broad SMARTS) is 1. The molecule has 0 aromatic carbocycles. The fourth-order valence-corrected chi connectivity index (χ4v) is 5.49. The maximum absolute atomic E-state index is 11.0. The second kappa shape index (κ2) is 11.9. The fraction of sp³-hybridized carbons (Fsp3) is 0.783. The first-order valence-corrected chi connectivity index (χ1v) is 12.0. The molecule has 1 saturated carbocycles. The zero-order chi connectivity index (χ0) is 20.8. The molecule has 1 aliphatic carbocycles. The summed E-state index contributed by atoms with van der Waals surface area (Å²) in [5, 5.41) is 12.6. The highest BCUT2D eigenvalue weighted by Gasteiger charge is 2.30. The monoisotopic (exact) mass is 451 g/mol. The van der Waals surface area contributed by atoms with Crippen LogP contribution in [0.1, 0.15) is 70.6 Å². The van der Waals surface area contributed by atoms with Gasteiger partial charge in [-0.25, -0.2) is 4.98 Å². The SMILES string of the molecule is Cl.O=C(O)CC1CCC(N2CCCC(Nc3nccc(N4CCCCCC4)n3)C2)CC1. The van der Waals surface area contributed by atoms with Gasteiger partial charge in [0.15, 0.2) is 0 Å². The Labute approximate surface area is 192 Å². The zero-order valence-electron chi connectivity index (χ0n) is 18.5. The van der Waals surface area contributed by atoms with E-state index in [9.17, 15) is 4.79 Å². The van der Waals surface area contributed by atoms with Crippen LogP contribution in [0.15, 0.2) is 12.3 Å². The number of piperidine rings is 1. The largest absolute Gasteiger partial charge is 0.481 e. The minimum absolute atomic E-state index is 0. The molecule has 0 spiro atoms. The van der Waals surface area contributed by atoms with Crippen molar-refractivity contribution in [2.24, 2.45) is 5.92 Å². The van der Waals surface area contributed by atoms with Crippen LogP contribution in [-0.2, 0) is 4.79 Å². The number of carboxylic acids is 1. The standard InChI is InChI=1S/C23H37N5O2.ClH/c29-22(30)16-18-7-9-20(10-8-18)28-15-5-6-19(17-28)25-23-24-12-11-21(26-23)27-13-3-1-2-4-14-27;/h11-12,18-20H,1-10,13-17H2,(H,29,30)(H,24,25,26);1H. The molecule has 2 saturated heterocycles. The van der Waals surface area contributed by atoms with E-state index in [1.54, 1.807) is 0 Å². The Morgan fingerprint density at radius 1 is 1.03 bits per heavy atom. The van der Waals surface area contributed by atoms with E-state index in [2.05, 4.69) is 20.1 Å². The summed E-state index contributed by atoms with van der Waals surface area (Å²) in [6.07, 6.45) is 14.1. The number of hydrogen-bond acceptors (Lipinski definition) is 6. The topological polar surface area (TPSA) is 81.6 Å². The van der Waals surface area contributed by atoms with Crippen LogP contribution in [0.25, 0.3) is 0 Å². The van der Waals surface area contributed by atoms with E-state index in [4.69, 9.17) is 10.1 Å². The van der Waals surface area contributed by atoms with Gasteiger partial charge in [-0.15, -0.1) is 12.4 Å². The second-order valence-corrected chi connectivity index (χ2v) is 9.39. The Morgan fingerprint density at radius 3 is 2.48 bits per heavy atom. The van der Waals surface area contributed by atoms with Gasteiger partial charge in [0.1, 0.15) is 5.82 Å². The Balaban J connectivity index is 0.00000272. The highest BCUT2D eigenvalue weighted by molar-refractivity contribution is 5.85. The van der Waals surface area contributed by atoms with E-state index in [0.717, 1.165) is 70.0 Å². The Kier molecular flexibility index (Phi) is 9.20. The molecule has 3 fully saturated rings. The molecule has 1 aromatic rings. The molecule has 31 heavy (non-hydrogen) atoms. The summed E-state index contributed by atoms with van der Waals surface area (Å²) in [7, 11) is 0. The van der Waals surface area contributed by atoms with E-state index in [-0.39, 0.29) is 12.4 Å². The number of nitrogens with one attached hydrogen (secondary N) is 1. The van der Waals surface area contributed by atoms with Crippen LogP contribution in [0, 0.1) is 5.92 Å². The molecule has 174 valence electrons. The third-order valence-corrected chi connectivity index (χ3v) is 7.15. The van der Waals surface area contributed by atoms with Gasteiger partial charge in [-0.1, -0.05) is 12.8 Å². The molecular weight excluding hydrogens is 414 g/mol. The van der Waals surface area contributed by atoms with Crippen LogP contribution in [-0.4, -0.2) is 64.2 Å². The van der Waals surface area contributed by atoms with Gasteiger partial charge >= 0.3 is 5.97 Å². The third-order valence-electron chi connectivity index (χ3n) is 7.15. The lowest BCUT2D eigenvalue weighted by Crippen LogP contribution is -2.48. The van der Waals surface area contributed by atoms with Crippen LogP contribution < -0.4 is 10.2 Å². The van der Waals surface area contributed by atoms with E-state index >= 15 is 0 Å². The number of rotatable bonds is 6. The molecule has 1 atom stereocenters. The normalized spacial score (nSPS) is 27.7. The van der Waals surface area contributed by atoms with Crippen molar-refractivity contribution in [3.05, 3.63) is 12.3 Å². The molecule has 0 bridgehead atoms. The van der Waals surface area contributed by atoms with Crippen LogP contribution in [0.2, 0.25) is 0 Å². The predicted molar refractivity (Wildman–Crippen MR) is 126 cm³/mol. The number of aliphatic carboxylic acids is 1. The van der Waals surface area contributed by atoms with Gasteiger partial charge in [0, 0.05) is 44.3 Å². The van der Waals surface area contributed by atoms with Gasteiger partial charge in [-0.05, 0) is 69.9 Å². The summed E-state index contributed by atoms with van der Waals surface area (Å²) >= 11 is 0. The molecule has 0 radical (unpaired) electrons. The first-order valence-electron chi connectivity index (χ1n) is 12.0. The van der Waals surface area contributed by atoms with Gasteiger partial charge in [0.25, 0.3) is 0 Å². The van der Waals surface area contributed by atoms with E-state index in [0.29, 0.717) is 24.4 Å². The van der Waals surface area contributed by atoms with Crippen LogP contribution in [0.3, 0.4) is 0 Å². The van der Waals surface area contributed by atoms with Crippen molar-refractivity contribution in [1.29, 1.82) is 0 Å². The number of anilines is 2. The van der Waals surface area contributed by atoms with E-state index in [1.165, 1.54) is 32.1 Å². The predicted octanol–water partition coefficient (Wildman–Crippen LogP) is 4.19. The van der Waals surface area contributed by atoms with Crippen LogP contribution >= 0.6 is 12.4 Å². The van der Waals surface area contributed by atoms with Gasteiger partial charge in [-0.3, -0.25) is 9.69 Å². The Bertz CT molecular complexity index is 690. The van der Waals surface area contributed by atoms with Crippen molar-refractivity contribution >= 4 is 30.1 Å². The van der Waals surface area contributed by atoms with Crippen molar-refractivity contribution < 1.29 is 9.90 Å². The second-order valence-electron chi connectivity index (χ2n) is 9.39. The Hall–Kier alpha value is -1.60. The maximum atomic E-state index is 11.0. The number of aromatic nitrogens is 2. The van der Waals surface area contributed by atoms with E-state index < -0.39 is 5.97 Å². The molecule has 3 heterocycles. The Morgan fingerprint density at radius 2 is 1.77 bits per heavy atom. The van der Waals surface area contributed by atoms with Gasteiger partial charge in [0.05, 0.1) is 0 Å². The van der Waals surface area contributed by atoms with Gasteiger partial charge < -0.3 is 15.3 Å². The first kappa shape index (κ1) is 24.1. The van der Waals surface area contributed by atoms with Crippen molar-refractivity contribution in [2.45, 2.75) is 82.7 Å². The first-order chi connectivity index (χ1) is 14.7. The molecule has 4 rings (SSSR count). The van der Waals surface area contributed by atoms with Gasteiger partial charge in [-0.2, -0.15) is 4.98 Å². The summed E-state index contributed by atoms with van der Waals surface area (Å²) in [5.74, 6) is 1.53. The van der Waals surface area contributed by atoms with Crippen LogP contribution in [0.4, 0.5) is 11.8 Å². The molecule has 8 heteroatoms. The van der Waals surface area contributed by atoms with Crippen LogP contribution in [0.5, 0.6) is 0 Å². The van der Waals surface area contributed by atoms with E-state index in [1.807, 2.05) is 12.3 Å². The average Bonchev–Trinajstić information content (AvgIpc) is 3.04. The summed E-state index contributed by atoms with van der Waals surface area (Å²) in [4.78, 5) is 25.3. The lowest BCUT2D eigenvalue weighted by Gasteiger charge is -2.41. The zero-order valence-corrected chi connectivity index (χ0v) is 19.4. The average molecular weight is 452 g/mol. The molecule has 2 N–H and O–H groups in total. The lowest BCUT2D eigenvalue weighted by atomic mass is 9.83. The molecule has 1 aromatic heterocycles. The number of nitrogens with zero attached hydrogens (tertiary/aromatic N) is 4. The molecule has 7 nitrogen and oxygen atoms in total. The minimum atomic E-state index is -0.650. The van der Waals surface area contributed by atoms with Crippen molar-refractivity contribution in [2.75, 3.05) is 36.4 Å². The highest BCUT2D eigenvalue weighted by Crippen LogP contribution is 2.31. The summed E-state index contributed by atoms with van der Waals surface area (Å²) < 4.78 is 0. The van der Waals surface area contributed by atoms with Gasteiger partial charge in [0.2, 0.25) is 5.95 Å². The molecular formula is C23H38ClN5O2. The molecule has 1 unspecified atom stereocenters. The minimum Gasteiger partial charge on any atom is -0.481 e. The number of likely N-dealkylation sites (tertiary alicyclic amines) is 1. The number of carbonyl (C=O) groups is 1. The summed E-state index contributed by atoms with van der Waals surface area (Å²) in [5.41, 5.74) is 0. The van der Waals surface area contributed by atoms with Crippen molar-refractivity contribution in [1.82, 2.24) is 14.9 Å². The lowest BCUT2D eigenvalue weighted by molar-refractivity contribution is -0.138. The van der Waals surface area contributed by atoms with Crippen molar-refractivity contribution in [3.8, 4) is 0 Å². The summed E-state index contributed by atoms with van der Waals surface area (Å²) in [6.45, 7) is 4.38. The highest BCUT2D eigenvalue weighted by atomic mass is 35.5. The smallest absolute Gasteiger partial charge is 0.303 e. The molecule has 3 aliphatic rings.